The molecule has 6 aromatic rings. The van der Waals surface area contributed by atoms with Crippen LogP contribution in [0.4, 0.5) is 0 Å². The van der Waals surface area contributed by atoms with Crippen LogP contribution in [0.3, 0.4) is 0 Å². The van der Waals surface area contributed by atoms with Crippen molar-refractivity contribution < 1.29 is 0 Å². The predicted molar refractivity (Wildman–Crippen MR) is 161 cm³/mol. The summed E-state index contributed by atoms with van der Waals surface area (Å²) >= 11 is 0. The number of fused-ring (bicyclic) bond motifs is 2. The predicted octanol–water partition coefficient (Wildman–Crippen LogP) is 5.91. The maximum Gasteiger partial charge on any atom is 0.181 e. The quantitative estimate of drug-likeness (QED) is 0.244. The summed E-state index contributed by atoms with van der Waals surface area (Å²) in [7, 11) is 6.05. The first-order valence-corrected chi connectivity index (χ1v) is 13.9. The molecule has 0 saturated carbocycles. The van der Waals surface area contributed by atoms with Gasteiger partial charge >= 0.3 is 0 Å². The van der Waals surface area contributed by atoms with Crippen LogP contribution in [0.25, 0.3) is 38.9 Å². The zero-order valence-electron chi connectivity index (χ0n) is 24.1. The Hall–Kier alpha value is -4.30. The summed E-state index contributed by atoms with van der Waals surface area (Å²) < 4.78 is 5.97. The molecule has 0 aliphatic carbocycles. The lowest BCUT2D eigenvalue weighted by Gasteiger charge is -2.15. The van der Waals surface area contributed by atoms with E-state index < -0.39 is 0 Å². The van der Waals surface area contributed by atoms with Crippen molar-refractivity contribution in [2.24, 2.45) is 7.05 Å². The van der Waals surface area contributed by atoms with Crippen LogP contribution in [-0.4, -0.2) is 53.3 Å². The van der Waals surface area contributed by atoms with Crippen molar-refractivity contribution in [3.8, 4) is 16.9 Å². The molecule has 0 atom stereocenters. The molecule has 4 heterocycles. The monoisotopic (exact) mass is 532 g/mol. The molecule has 40 heavy (non-hydrogen) atoms. The Bertz CT molecular complexity index is 1800. The van der Waals surface area contributed by atoms with Gasteiger partial charge in [-0.2, -0.15) is 15.3 Å². The second-order valence-corrected chi connectivity index (χ2v) is 11.2. The van der Waals surface area contributed by atoms with Crippen molar-refractivity contribution in [1.29, 1.82) is 0 Å². The summed E-state index contributed by atoms with van der Waals surface area (Å²) in [6, 6.07) is 19.1. The Morgan fingerprint density at radius 1 is 0.925 bits per heavy atom. The first-order valence-electron chi connectivity index (χ1n) is 13.9. The molecule has 4 aromatic heterocycles. The molecule has 8 heteroatoms. The summed E-state index contributed by atoms with van der Waals surface area (Å²) in [6.45, 7) is 8.17. The van der Waals surface area contributed by atoms with Crippen molar-refractivity contribution in [3.63, 3.8) is 0 Å². The van der Waals surface area contributed by atoms with Gasteiger partial charge in [0.2, 0.25) is 0 Å². The Kier molecular flexibility index (Phi) is 6.72. The van der Waals surface area contributed by atoms with Crippen LogP contribution in [0.5, 0.6) is 0 Å². The van der Waals surface area contributed by atoms with Crippen LogP contribution in [0.15, 0.2) is 67.0 Å². The van der Waals surface area contributed by atoms with Gasteiger partial charge in [-0.1, -0.05) is 56.3 Å². The lowest BCUT2D eigenvalue weighted by molar-refractivity contribution is 0.396. The number of aryl methyl sites for hydroxylation is 3. The van der Waals surface area contributed by atoms with Crippen molar-refractivity contribution in [3.05, 3.63) is 89.5 Å². The van der Waals surface area contributed by atoms with Gasteiger partial charge in [-0.25, -0.2) is 9.67 Å². The molecule has 0 saturated heterocycles. The molecule has 6 rings (SSSR count). The molecule has 0 unspecified atom stereocenters. The SMILES string of the molecule is Cc1c(C(C)C)c(-c2cccc3nn(CCc4ccccc4)cc23)nn1-c1cc2cn(C)nc2nc1CN(C)C. The molecule has 0 N–H and O–H groups in total. The molecule has 0 spiro atoms. The van der Waals surface area contributed by atoms with Crippen LogP contribution in [0, 0.1) is 6.92 Å². The van der Waals surface area contributed by atoms with Crippen molar-refractivity contribution in [1.82, 2.24) is 39.2 Å². The van der Waals surface area contributed by atoms with Gasteiger partial charge in [-0.05, 0) is 51.1 Å². The summed E-state index contributed by atoms with van der Waals surface area (Å²) in [5.41, 5.74) is 9.48. The van der Waals surface area contributed by atoms with Crippen molar-refractivity contribution in [2.75, 3.05) is 14.1 Å². The third-order valence-corrected chi connectivity index (χ3v) is 7.42. The normalized spacial score (nSPS) is 12.0. The summed E-state index contributed by atoms with van der Waals surface area (Å²) in [5, 5.41) is 16.9. The molecule has 8 nitrogen and oxygen atoms in total. The first kappa shape index (κ1) is 26.0. The zero-order chi connectivity index (χ0) is 28.0. The third kappa shape index (κ3) is 4.79. The number of aromatic nitrogens is 7. The summed E-state index contributed by atoms with van der Waals surface area (Å²) in [4.78, 5) is 7.09. The van der Waals surface area contributed by atoms with E-state index in [0.717, 1.165) is 63.2 Å². The fourth-order valence-electron chi connectivity index (χ4n) is 5.64. The molecule has 0 fully saturated rings. The van der Waals surface area contributed by atoms with Crippen molar-refractivity contribution in [2.45, 2.75) is 46.2 Å². The highest BCUT2D eigenvalue weighted by Gasteiger charge is 2.24. The van der Waals surface area contributed by atoms with Gasteiger partial charge in [0.15, 0.2) is 5.65 Å². The second kappa shape index (κ2) is 10.4. The maximum absolute atomic E-state index is 5.30. The second-order valence-electron chi connectivity index (χ2n) is 11.2. The number of hydrogen-bond donors (Lipinski definition) is 0. The topological polar surface area (TPSA) is 69.6 Å². The van der Waals surface area contributed by atoms with Crippen molar-refractivity contribution >= 4 is 21.9 Å². The standard InChI is InChI=1S/C32H36N8/c1-21(2)30-22(3)40(29-17-24-18-38(6)36-32(24)33-28(29)20-37(4)5)35-31(30)25-13-10-14-27-26(25)19-39(34-27)16-15-23-11-8-7-9-12-23/h7-14,17-19,21H,15-16,20H2,1-6H3. The highest BCUT2D eigenvalue weighted by molar-refractivity contribution is 5.94. The van der Waals surface area contributed by atoms with Gasteiger partial charge in [0.1, 0.15) is 0 Å². The van der Waals surface area contributed by atoms with Crippen LogP contribution in [0.1, 0.15) is 42.3 Å². The Balaban J connectivity index is 1.47. The molecule has 0 aliphatic heterocycles. The van der Waals surface area contributed by atoms with Crippen LogP contribution < -0.4 is 0 Å². The minimum Gasteiger partial charge on any atom is -0.303 e. The lowest BCUT2D eigenvalue weighted by atomic mass is 9.95. The molecule has 0 radical (unpaired) electrons. The number of nitrogens with zero attached hydrogens (tertiary/aromatic N) is 8. The van der Waals surface area contributed by atoms with Gasteiger partial charge in [-0.3, -0.25) is 9.36 Å². The fourth-order valence-corrected chi connectivity index (χ4v) is 5.64. The van der Waals surface area contributed by atoms with E-state index in [0.29, 0.717) is 12.5 Å². The van der Waals surface area contributed by atoms with Gasteiger partial charge in [-0.15, -0.1) is 0 Å². The van der Waals surface area contributed by atoms with E-state index >= 15 is 0 Å². The largest absolute Gasteiger partial charge is 0.303 e. The van der Waals surface area contributed by atoms with Crippen LogP contribution in [-0.2, 0) is 26.6 Å². The molecule has 0 aliphatic rings. The Labute approximate surface area is 234 Å². The van der Waals surface area contributed by atoms with E-state index in [1.54, 1.807) is 0 Å². The molecular weight excluding hydrogens is 496 g/mol. The smallest absolute Gasteiger partial charge is 0.181 e. The molecule has 2 aromatic carbocycles. The van der Waals surface area contributed by atoms with E-state index in [9.17, 15) is 0 Å². The average molecular weight is 533 g/mol. The average Bonchev–Trinajstić information content (AvgIpc) is 3.60. The number of benzene rings is 2. The number of hydrogen-bond acceptors (Lipinski definition) is 5. The highest BCUT2D eigenvalue weighted by atomic mass is 15.3. The Morgan fingerprint density at radius 3 is 2.48 bits per heavy atom. The van der Waals surface area contributed by atoms with Gasteiger partial charge in [0, 0.05) is 60.1 Å². The fraction of sp³-hybridized carbons (Fsp3) is 0.312. The number of pyridine rings is 1. The molecule has 0 amide bonds. The van der Waals surface area contributed by atoms with Crippen LogP contribution >= 0.6 is 0 Å². The third-order valence-electron chi connectivity index (χ3n) is 7.42. The van der Waals surface area contributed by atoms with E-state index in [4.69, 9.17) is 15.2 Å². The van der Waals surface area contributed by atoms with E-state index in [2.05, 4.69) is 115 Å². The minimum absolute atomic E-state index is 0.291. The highest BCUT2D eigenvalue weighted by Crippen LogP contribution is 2.37. The zero-order valence-corrected chi connectivity index (χ0v) is 24.1. The summed E-state index contributed by atoms with van der Waals surface area (Å²) in [6.07, 6.45) is 5.12. The van der Waals surface area contributed by atoms with E-state index in [1.165, 1.54) is 11.1 Å². The first-order chi connectivity index (χ1) is 19.3. The van der Waals surface area contributed by atoms with Gasteiger partial charge in [0.25, 0.3) is 0 Å². The minimum atomic E-state index is 0.291. The van der Waals surface area contributed by atoms with E-state index in [-0.39, 0.29) is 0 Å². The van der Waals surface area contributed by atoms with E-state index in [1.807, 2.05) is 17.9 Å². The maximum atomic E-state index is 5.30. The molecular formula is C32H36N8. The lowest BCUT2D eigenvalue weighted by Crippen LogP contribution is -2.15. The molecule has 0 bridgehead atoms. The Morgan fingerprint density at radius 2 is 1.73 bits per heavy atom. The van der Waals surface area contributed by atoms with Gasteiger partial charge < -0.3 is 4.90 Å². The van der Waals surface area contributed by atoms with Crippen LogP contribution in [0.2, 0.25) is 0 Å². The summed E-state index contributed by atoms with van der Waals surface area (Å²) in [5.74, 6) is 0.291. The molecule has 204 valence electrons. The van der Waals surface area contributed by atoms with Gasteiger partial charge in [0.05, 0.1) is 22.6 Å². The number of rotatable bonds is 8.